The molecule has 0 saturated heterocycles. The molecule has 1 N–H and O–H groups in total. The van der Waals surface area contributed by atoms with Gasteiger partial charge in [0.15, 0.2) is 0 Å². The third kappa shape index (κ3) is 3.12. The molecule has 1 aromatic carbocycles. The van der Waals surface area contributed by atoms with Crippen LogP contribution in [0.15, 0.2) is 42.6 Å². The maximum Gasteiger partial charge on any atom is 0.337 e. The number of carbonyl (C=O) groups is 1. The van der Waals surface area contributed by atoms with Crippen LogP contribution in [-0.4, -0.2) is 23.1 Å². The Morgan fingerprint density at radius 2 is 2.20 bits per heavy atom. The van der Waals surface area contributed by atoms with Gasteiger partial charge < -0.3 is 10.0 Å². The molecule has 0 atom stereocenters. The number of carboxylic acids is 1. The van der Waals surface area contributed by atoms with Gasteiger partial charge in [-0.3, -0.25) is 4.98 Å². The quantitative estimate of drug-likeness (QED) is 0.919. The van der Waals surface area contributed by atoms with Crippen LogP contribution in [0.1, 0.15) is 21.6 Å². The summed E-state index contributed by atoms with van der Waals surface area (Å²) in [5.74, 6) is -0.987. The molecule has 0 radical (unpaired) electrons. The lowest BCUT2D eigenvalue weighted by Crippen LogP contribution is -2.17. The smallest absolute Gasteiger partial charge is 0.337 e. The van der Waals surface area contributed by atoms with Gasteiger partial charge in [0.05, 0.1) is 29.4 Å². The first-order chi connectivity index (χ1) is 9.60. The summed E-state index contributed by atoms with van der Waals surface area (Å²) in [5.41, 5.74) is 2.44. The predicted octanol–water partition coefficient (Wildman–Crippen LogP) is 2.29. The fourth-order valence-electron chi connectivity index (χ4n) is 1.79. The van der Waals surface area contributed by atoms with Crippen molar-refractivity contribution >= 4 is 11.7 Å². The topological polar surface area (TPSA) is 77.2 Å². The van der Waals surface area contributed by atoms with Crippen LogP contribution < -0.4 is 4.90 Å². The molecule has 0 amide bonds. The number of nitriles is 1. The van der Waals surface area contributed by atoms with E-state index in [4.69, 9.17) is 10.4 Å². The molecule has 1 aromatic heterocycles. The van der Waals surface area contributed by atoms with Crippen molar-refractivity contribution in [3.63, 3.8) is 0 Å². The zero-order valence-corrected chi connectivity index (χ0v) is 10.9. The second-order valence-corrected chi connectivity index (χ2v) is 4.36. The Morgan fingerprint density at radius 3 is 2.80 bits per heavy atom. The molecule has 0 aliphatic rings. The Hall–Kier alpha value is -2.87. The number of nitrogens with zero attached hydrogens (tertiary/aromatic N) is 3. The highest BCUT2D eigenvalue weighted by molar-refractivity contribution is 5.87. The molecule has 0 aliphatic carbocycles. The number of aromatic nitrogens is 1. The van der Waals surface area contributed by atoms with Gasteiger partial charge in [0.25, 0.3) is 0 Å². The maximum absolute atomic E-state index is 10.7. The minimum Gasteiger partial charge on any atom is -0.478 e. The normalized spacial score (nSPS) is 9.80. The SMILES string of the molecule is CN(Cc1ccc(C(=O)O)cn1)c1cccc(C#N)c1. The highest BCUT2D eigenvalue weighted by atomic mass is 16.4. The first kappa shape index (κ1) is 13.6. The zero-order valence-electron chi connectivity index (χ0n) is 10.9. The molecule has 0 saturated carbocycles. The second kappa shape index (κ2) is 5.85. The van der Waals surface area contributed by atoms with Crippen molar-refractivity contribution in [2.75, 3.05) is 11.9 Å². The summed E-state index contributed by atoms with van der Waals surface area (Å²) in [6.45, 7) is 0.536. The third-order valence-electron chi connectivity index (χ3n) is 2.89. The zero-order chi connectivity index (χ0) is 14.5. The number of rotatable bonds is 4. The number of aromatic carboxylic acids is 1. The van der Waals surface area contributed by atoms with E-state index in [1.54, 1.807) is 18.2 Å². The Kier molecular flexibility index (Phi) is 3.96. The summed E-state index contributed by atoms with van der Waals surface area (Å²) in [6, 6.07) is 12.6. The van der Waals surface area contributed by atoms with Crippen LogP contribution in [0.3, 0.4) is 0 Å². The summed E-state index contributed by atoms with van der Waals surface area (Å²) in [5, 5.41) is 17.7. The average molecular weight is 267 g/mol. The molecule has 5 nitrogen and oxygen atoms in total. The number of hydrogen-bond donors (Lipinski definition) is 1. The summed E-state index contributed by atoms with van der Waals surface area (Å²) in [7, 11) is 1.89. The summed E-state index contributed by atoms with van der Waals surface area (Å²) in [4.78, 5) is 16.8. The summed E-state index contributed by atoms with van der Waals surface area (Å²) >= 11 is 0. The monoisotopic (exact) mass is 267 g/mol. The van der Waals surface area contributed by atoms with E-state index in [1.165, 1.54) is 12.3 Å². The first-order valence-corrected chi connectivity index (χ1v) is 5.99. The Morgan fingerprint density at radius 1 is 1.40 bits per heavy atom. The molecule has 20 heavy (non-hydrogen) atoms. The highest BCUT2D eigenvalue weighted by Gasteiger charge is 2.06. The largest absolute Gasteiger partial charge is 0.478 e. The van der Waals surface area contributed by atoms with E-state index in [0.29, 0.717) is 12.1 Å². The van der Waals surface area contributed by atoms with Crippen LogP contribution in [0.25, 0.3) is 0 Å². The molecule has 2 rings (SSSR count). The Bertz CT molecular complexity index is 660. The Labute approximate surface area is 116 Å². The van der Waals surface area contributed by atoms with Crippen molar-refractivity contribution in [3.8, 4) is 6.07 Å². The first-order valence-electron chi connectivity index (χ1n) is 5.99. The van der Waals surface area contributed by atoms with Gasteiger partial charge in [-0.25, -0.2) is 4.79 Å². The number of anilines is 1. The summed E-state index contributed by atoms with van der Waals surface area (Å²) < 4.78 is 0. The van der Waals surface area contributed by atoms with Crippen molar-refractivity contribution in [2.24, 2.45) is 0 Å². The molecule has 0 spiro atoms. The number of hydrogen-bond acceptors (Lipinski definition) is 4. The standard InChI is InChI=1S/C15H13N3O2/c1-18(14-4-2-3-11(7-14)8-16)10-13-6-5-12(9-17-13)15(19)20/h2-7,9H,10H2,1H3,(H,19,20). The minimum absolute atomic E-state index is 0.169. The molecule has 0 bridgehead atoms. The van der Waals surface area contributed by atoms with Gasteiger partial charge in [-0.1, -0.05) is 6.07 Å². The van der Waals surface area contributed by atoms with E-state index < -0.39 is 5.97 Å². The van der Waals surface area contributed by atoms with Crippen molar-refractivity contribution in [1.29, 1.82) is 5.26 Å². The fourth-order valence-corrected chi connectivity index (χ4v) is 1.79. The Balaban J connectivity index is 2.12. The lowest BCUT2D eigenvalue weighted by Gasteiger charge is -2.19. The van der Waals surface area contributed by atoms with Crippen LogP contribution in [0.5, 0.6) is 0 Å². The lowest BCUT2D eigenvalue weighted by atomic mass is 10.2. The number of carboxylic acid groups (broad SMARTS) is 1. The lowest BCUT2D eigenvalue weighted by molar-refractivity contribution is 0.0696. The van der Waals surface area contributed by atoms with Gasteiger partial charge >= 0.3 is 5.97 Å². The van der Waals surface area contributed by atoms with Gasteiger partial charge in [-0.05, 0) is 30.3 Å². The fraction of sp³-hybridized carbons (Fsp3) is 0.133. The van der Waals surface area contributed by atoms with Crippen LogP contribution in [0.4, 0.5) is 5.69 Å². The van der Waals surface area contributed by atoms with Gasteiger partial charge in [0.1, 0.15) is 0 Å². The van der Waals surface area contributed by atoms with Gasteiger partial charge in [-0.2, -0.15) is 5.26 Å². The van der Waals surface area contributed by atoms with Crippen molar-refractivity contribution < 1.29 is 9.90 Å². The van der Waals surface area contributed by atoms with E-state index in [-0.39, 0.29) is 5.56 Å². The molecular formula is C15H13N3O2. The maximum atomic E-state index is 10.7. The van der Waals surface area contributed by atoms with Crippen LogP contribution in [0.2, 0.25) is 0 Å². The molecule has 5 heteroatoms. The highest BCUT2D eigenvalue weighted by Crippen LogP contribution is 2.16. The second-order valence-electron chi connectivity index (χ2n) is 4.36. The molecule has 0 unspecified atom stereocenters. The number of benzene rings is 1. The van der Waals surface area contributed by atoms with E-state index in [1.807, 2.05) is 24.1 Å². The molecule has 0 fully saturated rings. The van der Waals surface area contributed by atoms with E-state index >= 15 is 0 Å². The molecule has 2 aromatic rings. The minimum atomic E-state index is -0.987. The van der Waals surface area contributed by atoms with Crippen molar-refractivity contribution in [2.45, 2.75) is 6.54 Å². The van der Waals surface area contributed by atoms with E-state index in [9.17, 15) is 4.79 Å². The van der Waals surface area contributed by atoms with E-state index in [2.05, 4.69) is 11.1 Å². The van der Waals surface area contributed by atoms with Gasteiger partial charge in [-0.15, -0.1) is 0 Å². The molecule has 1 heterocycles. The van der Waals surface area contributed by atoms with Gasteiger partial charge in [0.2, 0.25) is 0 Å². The summed E-state index contributed by atoms with van der Waals surface area (Å²) in [6.07, 6.45) is 1.34. The number of pyridine rings is 1. The van der Waals surface area contributed by atoms with E-state index in [0.717, 1.165) is 11.4 Å². The van der Waals surface area contributed by atoms with Crippen LogP contribution in [-0.2, 0) is 6.54 Å². The predicted molar refractivity (Wildman–Crippen MR) is 74.5 cm³/mol. The van der Waals surface area contributed by atoms with Crippen LogP contribution >= 0.6 is 0 Å². The van der Waals surface area contributed by atoms with Crippen LogP contribution in [0, 0.1) is 11.3 Å². The molecule has 0 aliphatic heterocycles. The molecule has 100 valence electrons. The van der Waals surface area contributed by atoms with Crippen molar-refractivity contribution in [3.05, 3.63) is 59.4 Å². The molecular weight excluding hydrogens is 254 g/mol. The average Bonchev–Trinajstić information content (AvgIpc) is 2.47. The van der Waals surface area contributed by atoms with Crippen molar-refractivity contribution in [1.82, 2.24) is 4.98 Å². The third-order valence-corrected chi connectivity index (χ3v) is 2.89. The van der Waals surface area contributed by atoms with Gasteiger partial charge in [0, 0.05) is 18.9 Å².